The van der Waals surface area contributed by atoms with E-state index in [1.165, 1.54) is 11.8 Å². The standard InChI is InChI=1S/C11H9Cl4NS/c1-2-3-4-17-11-9(14)7(12)6(5-16)8(13)10(11)15/h2-4H2,1H3. The molecule has 0 atom stereocenters. The zero-order chi connectivity index (χ0) is 13.0. The molecular weight excluding hydrogens is 320 g/mol. The van der Waals surface area contributed by atoms with Gasteiger partial charge in [-0.3, -0.25) is 0 Å². The van der Waals surface area contributed by atoms with Gasteiger partial charge in [0.2, 0.25) is 0 Å². The summed E-state index contributed by atoms with van der Waals surface area (Å²) in [6.45, 7) is 2.10. The Labute approximate surface area is 125 Å². The van der Waals surface area contributed by atoms with Gasteiger partial charge in [0, 0.05) is 4.90 Å². The highest BCUT2D eigenvalue weighted by Crippen LogP contribution is 2.45. The van der Waals surface area contributed by atoms with E-state index in [1.807, 2.05) is 6.07 Å². The molecule has 0 aromatic heterocycles. The predicted molar refractivity (Wildman–Crippen MR) is 76.8 cm³/mol. The SMILES string of the molecule is CCCCSc1c(Cl)c(Cl)c(C#N)c(Cl)c1Cl. The lowest BCUT2D eigenvalue weighted by atomic mass is 10.2. The molecule has 0 aliphatic heterocycles. The van der Waals surface area contributed by atoms with E-state index in [0.29, 0.717) is 14.9 Å². The Morgan fingerprint density at radius 1 is 1.06 bits per heavy atom. The van der Waals surface area contributed by atoms with Crippen molar-refractivity contribution in [3.05, 3.63) is 25.7 Å². The summed E-state index contributed by atoms with van der Waals surface area (Å²) >= 11 is 25.6. The van der Waals surface area contributed by atoms with E-state index in [1.54, 1.807) is 0 Å². The fourth-order valence-electron chi connectivity index (χ4n) is 1.16. The summed E-state index contributed by atoms with van der Waals surface area (Å²) in [6.07, 6.45) is 2.13. The van der Waals surface area contributed by atoms with Crippen molar-refractivity contribution in [2.24, 2.45) is 0 Å². The fraction of sp³-hybridized carbons (Fsp3) is 0.364. The van der Waals surface area contributed by atoms with Crippen LogP contribution in [0.2, 0.25) is 20.1 Å². The van der Waals surface area contributed by atoms with Gasteiger partial charge < -0.3 is 0 Å². The average molecular weight is 329 g/mol. The molecule has 0 radical (unpaired) electrons. The summed E-state index contributed by atoms with van der Waals surface area (Å²) in [4.78, 5) is 0.649. The van der Waals surface area contributed by atoms with Crippen LogP contribution in [0.25, 0.3) is 0 Å². The quantitative estimate of drug-likeness (QED) is 0.381. The van der Waals surface area contributed by atoms with Crippen molar-refractivity contribution in [2.45, 2.75) is 24.7 Å². The number of thioether (sulfide) groups is 1. The minimum Gasteiger partial charge on any atom is -0.192 e. The van der Waals surface area contributed by atoms with E-state index in [0.717, 1.165) is 18.6 Å². The van der Waals surface area contributed by atoms with Crippen molar-refractivity contribution >= 4 is 58.2 Å². The first kappa shape index (κ1) is 15.3. The second kappa shape index (κ2) is 6.97. The van der Waals surface area contributed by atoms with Crippen LogP contribution in [0.15, 0.2) is 4.90 Å². The van der Waals surface area contributed by atoms with Crippen LogP contribution >= 0.6 is 58.2 Å². The number of benzene rings is 1. The first-order valence-corrected chi connectivity index (χ1v) is 7.43. The van der Waals surface area contributed by atoms with E-state index in [2.05, 4.69) is 6.92 Å². The van der Waals surface area contributed by atoms with Gasteiger partial charge in [0.1, 0.15) is 6.07 Å². The Kier molecular flexibility index (Phi) is 6.26. The number of halogens is 4. The van der Waals surface area contributed by atoms with Crippen molar-refractivity contribution in [1.29, 1.82) is 5.26 Å². The molecule has 0 saturated carbocycles. The molecular formula is C11H9Cl4NS. The highest BCUT2D eigenvalue weighted by Gasteiger charge is 2.20. The van der Waals surface area contributed by atoms with Gasteiger partial charge in [0.25, 0.3) is 0 Å². The van der Waals surface area contributed by atoms with Crippen molar-refractivity contribution in [2.75, 3.05) is 5.75 Å². The van der Waals surface area contributed by atoms with Crippen LogP contribution in [0.3, 0.4) is 0 Å². The van der Waals surface area contributed by atoms with E-state index < -0.39 is 0 Å². The number of hydrogen-bond donors (Lipinski definition) is 0. The van der Waals surface area contributed by atoms with Crippen LogP contribution in [0.4, 0.5) is 0 Å². The number of rotatable bonds is 4. The van der Waals surface area contributed by atoms with Crippen molar-refractivity contribution in [1.82, 2.24) is 0 Å². The predicted octanol–water partition coefficient (Wildman–Crippen LogP) is 6.06. The van der Waals surface area contributed by atoms with Gasteiger partial charge in [-0.05, 0) is 12.2 Å². The van der Waals surface area contributed by atoms with Crippen LogP contribution in [-0.2, 0) is 0 Å². The molecule has 0 aliphatic carbocycles. The Hall–Kier alpha value is 0.220. The van der Waals surface area contributed by atoms with Gasteiger partial charge in [-0.15, -0.1) is 11.8 Å². The third kappa shape index (κ3) is 3.36. The number of unbranched alkanes of at least 4 members (excludes halogenated alkanes) is 1. The Balaban J connectivity index is 3.19. The molecule has 1 rings (SSSR count). The normalized spacial score (nSPS) is 10.4. The van der Waals surface area contributed by atoms with Crippen LogP contribution in [-0.4, -0.2) is 5.75 Å². The zero-order valence-electron chi connectivity index (χ0n) is 8.99. The fourth-order valence-corrected chi connectivity index (χ4v) is 3.63. The van der Waals surface area contributed by atoms with Gasteiger partial charge in [-0.25, -0.2) is 0 Å². The smallest absolute Gasteiger partial charge is 0.102 e. The monoisotopic (exact) mass is 327 g/mol. The molecule has 0 N–H and O–H groups in total. The minimum atomic E-state index is 0.128. The largest absolute Gasteiger partial charge is 0.192 e. The van der Waals surface area contributed by atoms with E-state index in [-0.39, 0.29) is 15.6 Å². The van der Waals surface area contributed by atoms with Crippen LogP contribution in [0.1, 0.15) is 25.3 Å². The molecule has 0 unspecified atom stereocenters. The van der Waals surface area contributed by atoms with Crippen LogP contribution in [0, 0.1) is 11.3 Å². The molecule has 17 heavy (non-hydrogen) atoms. The lowest BCUT2D eigenvalue weighted by Crippen LogP contribution is -1.89. The molecule has 92 valence electrons. The number of nitriles is 1. The molecule has 6 heteroatoms. The van der Waals surface area contributed by atoms with Gasteiger partial charge >= 0.3 is 0 Å². The second-order valence-electron chi connectivity index (χ2n) is 3.27. The van der Waals surface area contributed by atoms with E-state index in [4.69, 9.17) is 51.7 Å². The van der Waals surface area contributed by atoms with E-state index >= 15 is 0 Å². The first-order valence-electron chi connectivity index (χ1n) is 4.93. The van der Waals surface area contributed by atoms with Gasteiger partial charge in [-0.2, -0.15) is 5.26 Å². The van der Waals surface area contributed by atoms with Crippen LogP contribution < -0.4 is 0 Å². The molecule has 0 bridgehead atoms. The summed E-state index contributed by atoms with van der Waals surface area (Å²) in [5, 5.41) is 9.86. The minimum absolute atomic E-state index is 0.128. The molecule has 0 amide bonds. The van der Waals surface area contributed by atoms with Crippen molar-refractivity contribution in [3.63, 3.8) is 0 Å². The Bertz CT molecular complexity index is 439. The molecule has 1 aromatic carbocycles. The molecule has 1 aromatic rings. The van der Waals surface area contributed by atoms with Crippen molar-refractivity contribution < 1.29 is 0 Å². The van der Waals surface area contributed by atoms with Crippen LogP contribution in [0.5, 0.6) is 0 Å². The maximum absolute atomic E-state index is 8.91. The Morgan fingerprint density at radius 2 is 1.59 bits per heavy atom. The highest BCUT2D eigenvalue weighted by atomic mass is 35.5. The van der Waals surface area contributed by atoms with Crippen molar-refractivity contribution in [3.8, 4) is 6.07 Å². The lowest BCUT2D eigenvalue weighted by molar-refractivity contribution is 0.896. The number of hydrogen-bond acceptors (Lipinski definition) is 2. The second-order valence-corrected chi connectivity index (χ2v) is 5.89. The molecule has 0 aliphatic rings. The molecule has 0 heterocycles. The number of nitrogens with zero attached hydrogens (tertiary/aromatic N) is 1. The summed E-state index contributed by atoms with van der Waals surface area (Å²) in [7, 11) is 0. The van der Waals surface area contributed by atoms with Gasteiger partial charge in [-0.1, -0.05) is 59.7 Å². The molecule has 0 spiro atoms. The lowest BCUT2D eigenvalue weighted by Gasteiger charge is -2.11. The molecule has 0 fully saturated rings. The zero-order valence-corrected chi connectivity index (χ0v) is 12.8. The third-order valence-electron chi connectivity index (χ3n) is 2.08. The summed E-state index contributed by atoms with van der Waals surface area (Å²) < 4.78 is 0. The average Bonchev–Trinajstić information content (AvgIpc) is 2.32. The topological polar surface area (TPSA) is 23.8 Å². The molecule has 0 saturated heterocycles. The maximum atomic E-state index is 8.91. The van der Waals surface area contributed by atoms with Gasteiger partial charge in [0.15, 0.2) is 0 Å². The molecule has 1 nitrogen and oxygen atoms in total. The van der Waals surface area contributed by atoms with Gasteiger partial charge in [0.05, 0.1) is 25.7 Å². The van der Waals surface area contributed by atoms with E-state index in [9.17, 15) is 0 Å². The maximum Gasteiger partial charge on any atom is 0.102 e. The first-order chi connectivity index (χ1) is 8.04. The Morgan fingerprint density at radius 3 is 2.00 bits per heavy atom. The summed E-state index contributed by atoms with van der Waals surface area (Å²) in [5.74, 6) is 0.883. The highest BCUT2D eigenvalue weighted by molar-refractivity contribution is 7.99. The third-order valence-corrected chi connectivity index (χ3v) is 5.20. The summed E-state index contributed by atoms with van der Waals surface area (Å²) in [5.41, 5.74) is 0.128. The summed E-state index contributed by atoms with van der Waals surface area (Å²) in [6, 6.07) is 1.90.